The van der Waals surface area contributed by atoms with Crippen molar-refractivity contribution in [1.29, 1.82) is 0 Å². The molecule has 0 radical (unpaired) electrons. The second kappa shape index (κ2) is 7.77. The molecule has 0 saturated heterocycles. The summed E-state index contributed by atoms with van der Waals surface area (Å²) in [5.41, 5.74) is 2.19. The highest BCUT2D eigenvalue weighted by molar-refractivity contribution is 7.14. The van der Waals surface area contributed by atoms with E-state index in [9.17, 15) is 9.90 Å². The topological polar surface area (TPSA) is 62.2 Å². The van der Waals surface area contributed by atoms with Gasteiger partial charge in [-0.25, -0.2) is 4.98 Å². The van der Waals surface area contributed by atoms with Gasteiger partial charge < -0.3 is 14.6 Å². The highest BCUT2D eigenvalue weighted by Crippen LogP contribution is 2.29. The number of carbonyl (C=O) groups is 1. The first-order chi connectivity index (χ1) is 12.2. The molecule has 2 aromatic carbocycles. The van der Waals surface area contributed by atoms with E-state index in [1.165, 1.54) is 0 Å². The van der Waals surface area contributed by atoms with E-state index < -0.39 is 5.97 Å². The van der Waals surface area contributed by atoms with Gasteiger partial charge in [0.2, 0.25) is 0 Å². The summed E-state index contributed by atoms with van der Waals surface area (Å²) in [7, 11) is 0. The van der Waals surface area contributed by atoms with E-state index in [0.717, 1.165) is 28.2 Å². The molecule has 4 nitrogen and oxygen atoms in total. The van der Waals surface area contributed by atoms with Crippen LogP contribution in [0, 0.1) is 0 Å². The van der Waals surface area contributed by atoms with Crippen molar-refractivity contribution in [2.75, 3.05) is 6.61 Å². The van der Waals surface area contributed by atoms with Crippen LogP contribution in [0.4, 0.5) is 0 Å². The molecule has 0 bridgehead atoms. The Labute approximate surface area is 150 Å². The quantitative estimate of drug-likeness (QED) is 0.679. The fourth-order valence-electron chi connectivity index (χ4n) is 2.35. The van der Waals surface area contributed by atoms with Gasteiger partial charge in [0.15, 0.2) is 0 Å². The van der Waals surface area contributed by atoms with E-state index in [4.69, 9.17) is 4.74 Å². The lowest BCUT2D eigenvalue weighted by Gasteiger charge is -2.02. The molecule has 5 heteroatoms. The molecule has 0 aliphatic rings. The standard InChI is InChI=1S/C20H17NO3S/c1-2-24-16-11-8-14(9-12-16)10-13-17-21-18(19(25-17)20(22)23)15-6-4-3-5-7-15/h3-13H,2H2,1H3,(H,22,23)/p-1/b13-10+. The van der Waals surface area contributed by atoms with E-state index in [2.05, 4.69) is 4.98 Å². The highest BCUT2D eigenvalue weighted by Gasteiger charge is 2.12. The van der Waals surface area contributed by atoms with Crippen molar-refractivity contribution in [3.63, 3.8) is 0 Å². The maximum absolute atomic E-state index is 11.4. The van der Waals surface area contributed by atoms with Crippen LogP contribution in [-0.2, 0) is 0 Å². The Kier molecular flexibility index (Phi) is 5.26. The van der Waals surface area contributed by atoms with Crippen LogP contribution >= 0.6 is 11.3 Å². The third-order valence-electron chi connectivity index (χ3n) is 3.49. The van der Waals surface area contributed by atoms with E-state index in [1.807, 2.05) is 67.6 Å². The summed E-state index contributed by atoms with van der Waals surface area (Å²) in [5.74, 6) is -0.392. The molecule has 3 rings (SSSR count). The van der Waals surface area contributed by atoms with Gasteiger partial charge in [0, 0.05) is 5.56 Å². The van der Waals surface area contributed by atoms with Gasteiger partial charge in [-0.1, -0.05) is 48.5 Å². The third kappa shape index (κ3) is 4.14. The minimum Gasteiger partial charge on any atom is -0.544 e. The number of carboxylic acid groups (broad SMARTS) is 1. The number of carbonyl (C=O) groups excluding carboxylic acids is 1. The number of rotatable bonds is 6. The van der Waals surface area contributed by atoms with Crippen molar-refractivity contribution in [3.8, 4) is 17.0 Å². The number of ether oxygens (including phenoxy) is 1. The van der Waals surface area contributed by atoms with Gasteiger partial charge in [-0.05, 0) is 30.7 Å². The van der Waals surface area contributed by atoms with E-state index in [-0.39, 0.29) is 4.88 Å². The van der Waals surface area contributed by atoms with Crippen LogP contribution in [0.5, 0.6) is 5.75 Å². The summed E-state index contributed by atoms with van der Waals surface area (Å²) in [5, 5.41) is 12.0. The van der Waals surface area contributed by atoms with Crippen molar-refractivity contribution >= 4 is 29.5 Å². The molecule has 0 atom stereocenters. The Morgan fingerprint density at radius 3 is 2.48 bits per heavy atom. The molecular formula is C20H16NO3S-. The second-order valence-corrected chi connectivity index (χ2v) is 6.25. The van der Waals surface area contributed by atoms with E-state index >= 15 is 0 Å². The van der Waals surface area contributed by atoms with Gasteiger partial charge in [-0.15, -0.1) is 11.3 Å². The third-order valence-corrected chi connectivity index (χ3v) is 4.49. The molecule has 0 N–H and O–H groups in total. The van der Waals surface area contributed by atoms with Crippen molar-refractivity contribution in [3.05, 3.63) is 70.0 Å². The number of benzene rings is 2. The summed E-state index contributed by atoms with van der Waals surface area (Å²) in [4.78, 5) is 16.0. The molecular weight excluding hydrogens is 334 g/mol. The molecule has 126 valence electrons. The first-order valence-corrected chi connectivity index (χ1v) is 8.67. The molecule has 0 aliphatic carbocycles. The van der Waals surface area contributed by atoms with Crippen LogP contribution in [-0.4, -0.2) is 17.6 Å². The van der Waals surface area contributed by atoms with Crippen LogP contribution in [0.15, 0.2) is 54.6 Å². The highest BCUT2D eigenvalue weighted by atomic mass is 32.1. The molecule has 1 heterocycles. The van der Waals surface area contributed by atoms with Gasteiger partial charge in [0.1, 0.15) is 10.8 Å². The minimum atomic E-state index is -1.21. The molecule has 1 aromatic heterocycles. The van der Waals surface area contributed by atoms with Crippen LogP contribution in [0.2, 0.25) is 0 Å². The predicted molar refractivity (Wildman–Crippen MR) is 98.4 cm³/mol. The number of carboxylic acids is 1. The van der Waals surface area contributed by atoms with Gasteiger partial charge in [-0.3, -0.25) is 0 Å². The zero-order valence-corrected chi connectivity index (χ0v) is 14.5. The molecule has 0 spiro atoms. The summed E-state index contributed by atoms with van der Waals surface area (Å²) < 4.78 is 5.41. The fraction of sp³-hybridized carbons (Fsp3) is 0.100. The molecule has 3 aromatic rings. The maximum Gasteiger partial charge on any atom is 0.119 e. The van der Waals surface area contributed by atoms with Crippen LogP contribution in [0.25, 0.3) is 23.4 Å². The zero-order valence-electron chi connectivity index (χ0n) is 13.6. The van der Waals surface area contributed by atoms with Crippen molar-refractivity contribution in [2.24, 2.45) is 0 Å². The first kappa shape index (κ1) is 16.9. The lowest BCUT2D eigenvalue weighted by atomic mass is 10.1. The molecule has 0 fully saturated rings. The Bertz CT molecular complexity index is 883. The number of hydrogen-bond donors (Lipinski definition) is 0. The molecule has 0 aliphatic heterocycles. The Hall–Kier alpha value is -2.92. The van der Waals surface area contributed by atoms with Crippen molar-refractivity contribution in [2.45, 2.75) is 6.92 Å². The van der Waals surface area contributed by atoms with Gasteiger partial charge in [0.25, 0.3) is 0 Å². The number of nitrogens with zero attached hydrogens (tertiary/aromatic N) is 1. The maximum atomic E-state index is 11.4. The minimum absolute atomic E-state index is 0.137. The smallest absolute Gasteiger partial charge is 0.119 e. The molecule has 0 unspecified atom stereocenters. The molecule has 0 saturated carbocycles. The average Bonchev–Trinajstić information content (AvgIpc) is 3.07. The number of thiazole rings is 1. The summed E-state index contributed by atoms with van der Waals surface area (Å²) >= 11 is 1.11. The molecule has 0 amide bonds. The van der Waals surface area contributed by atoms with Gasteiger partial charge in [-0.2, -0.15) is 0 Å². The lowest BCUT2D eigenvalue weighted by molar-refractivity contribution is -0.254. The Balaban J connectivity index is 1.86. The average molecular weight is 350 g/mol. The van der Waals surface area contributed by atoms with Crippen molar-refractivity contribution in [1.82, 2.24) is 4.98 Å². The number of aromatic carboxylic acids is 1. The lowest BCUT2D eigenvalue weighted by Crippen LogP contribution is -2.21. The van der Waals surface area contributed by atoms with Gasteiger partial charge in [0.05, 0.1) is 23.1 Å². The normalized spacial score (nSPS) is 10.9. The van der Waals surface area contributed by atoms with Crippen LogP contribution in [0.1, 0.15) is 27.2 Å². The van der Waals surface area contributed by atoms with E-state index in [1.54, 1.807) is 6.08 Å². The fourth-order valence-corrected chi connectivity index (χ4v) is 3.17. The Morgan fingerprint density at radius 1 is 1.12 bits per heavy atom. The first-order valence-electron chi connectivity index (χ1n) is 7.86. The predicted octanol–water partition coefficient (Wildman–Crippen LogP) is 3.74. The van der Waals surface area contributed by atoms with E-state index in [0.29, 0.717) is 17.3 Å². The second-order valence-electron chi connectivity index (χ2n) is 5.22. The van der Waals surface area contributed by atoms with Crippen LogP contribution in [0.3, 0.4) is 0 Å². The zero-order chi connectivity index (χ0) is 17.6. The monoisotopic (exact) mass is 350 g/mol. The number of aromatic nitrogens is 1. The largest absolute Gasteiger partial charge is 0.544 e. The SMILES string of the molecule is CCOc1ccc(/C=C/c2nc(-c3ccccc3)c(C(=O)[O-])s2)cc1. The van der Waals surface area contributed by atoms with Crippen molar-refractivity contribution < 1.29 is 14.6 Å². The summed E-state index contributed by atoms with van der Waals surface area (Å²) in [6.45, 7) is 2.57. The Morgan fingerprint density at radius 2 is 1.84 bits per heavy atom. The number of hydrogen-bond acceptors (Lipinski definition) is 5. The molecule has 25 heavy (non-hydrogen) atoms. The summed E-state index contributed by atoms with van der Waals surface area (Å²) in [6.07, 6.45) is 3.70. The van der Waals surface area contributed by atoms with Gasteiger partial charge >= 0.3 is 0 Å². The van der Waals surface area contributed by atoms with Crippen LogP contribution < -0.4 is 9.84 Å². The summed E-state index contributed by atoms with van der Waals surface area (Å²) in [6, 6.07) is 16.9.